The molecule has 1 unspecified atom stereocenters. The molecule has 2 heterocycles. The molecule has 9 nitrogen and oxygen atoms in total. The van der Waals surface area contributed by atoms with Crippen molar-refractivity contribution < 1.29 is 23.9 Å². The number of imide groups is 1. The van der Waals surface area contributed by atoms with Gasteiger partial charge in [0.15, 0.2) is 0 Å². The molecule has 1 saturated carbocycles. The lowest BCUT2D eigenvalue weighted by Crippen LogP contribution is -2.47. The van der Waals surface area contributed by atoms with Gasteiger partial charge < -0.3 is 19.9 Å². The second kappa shape index (κ2) is 8.20. The molecule has 0 radical (unpaired) electrons. The minimum absolute atomic E-state index is 0.138. The van der Waals surface area contributed by atoms with Gasteiger partial charge in [0.1, 0.15) is 17.8 Å². The highest BCUT2D eigenvalue weighted by Gasteiger charge is 2.56. The van der Waals surface area contributed by atoms with Crippen LogP contribution in [0, 0.1) is 5.92 Å². The fourth-order valence-electron chi connectivity index (χ4n) is 4.39. The highest BCUT2D eigenvalue weighted by atomic mass is 16.5. The SMILES string of the molecule is COc1ccccc1C(=O)N1CCCN(C(=O)CN2C(=O)NC(C)(C3CC3)C2=O)CC1. The van der Waals surface area contributed by atoms with Crippen molar-refractivity contribution >= 4 is 23.8 Å². The van der Waals surface area contributed by atoms with Crippen LogP contribution in [0.4, 0.5) is 4.79 Å². The lowest BCUT2D eigenvalue weighted by atomic mass is 9.96. The number of benzene rings is 1. The van der Waals surface area contributed by atoms with E-state index in [9.17, 15) is 19.2 Å². The number of amides is 5. The molecule has 2 saturated heterocycles. The van der Waals surface area contributed by atoms with Crippen LogP contribution < -0.4 is 10.1 Å². The van der Waals surface area contributed by atoms with Gasteiger partial charge in [-0.1, -0.05) is 12.1 Å². The molecule has 1 atom stereocenters. The van der Waals surface area contributed by atoms with Crippen LogP contribution in [0.5, 0.6) is 5.75 Å². The summed E-state index contributed by atoms with van der Waals surface area (Å²) in [5, 5.41) is 2.77. The molecule has 166 valence electrons. The first-order valence-electron chi connectivity index (χ1n) is 10.7. The molecule has 0 spiro atoms. The Bertz CT molecular complexity index is 915. The first-order chi connectivity index (χ1) is 14.8. The van der Waals surface area contributed by atoms with Gasteiger partial charge in [0, 0.05) is 26.2 Å². The Labute approximate surface area is 181 Å². The zero-order valence-electron chi connectivity index (χ0n) is 17.9. The molecule has 1 aliphatic carbocycles. The van der Waals surface area contributed by atoms with E-state index < -0.39 is 11.6 Å². The van der Waals surface area contributed by atoms with Gasteiger partial charge in [0.25, 0.3) is 11.8 Å². The molecule has 31 heavy (non-hydrogen) atoms. The van der Waals surface area contributed by atoms with Gasteiger partial charge in [-0.05, 0) is 44.2 Å². The maximum atomic E-state index is 13.0. The molecule has 5 amide bonds. The van der Waals surface area contributed by atoms with Crippen LogP contribution in [0.3, 0.4) is 0 Å². The quantitative estimate of drug-likeness (QED) is 0.708. The van der Waals surface area contributed by atoms with Crippen LogP contribution in [-0.4, -0.2) is 83.8 Å². The van der Waals surface area contributed by atoms with Gasteiger partial charge in [0.2, 0.25) is 5.91 Å². The molecule has 1 aromatic carbocycles. The van der Waals surface area contributed by atoms with Crippen molar-refractivity contribution in [3.63, 3.8) is 0 Å². The van der Waals surface area contributed by atoms with Gasteiger partial charge in [-0.25, -0.2) is 4.79 Å². The summed E-state index contributed by atoms with van der Waals surface area (Å²) in [6.45, 7) is 3.18. The van der Waals surface area contributed by atoms with E-state index in [0.29, 0.717) is 43.9 Å². The monoisotopic (exact) mass is 428 g/mol. The number of hydrogen-bond donors (Lipinski definition) is 1. The molecule has 9 heteroatoms. The molecule has 2 aliphatic heterocycles. The molecule has 0 bridgehead atoms. The summed E-state index contributed by atoms with van der Waals surface area (Å²) in [5.41, 5.74) is -0.405. The van der Waals surface area contributed by atoms with Gasteiger partial charge in [-0.3, -0.25) is 19.3 Å². The summed E-state index contributed by atoms with van der Waals surface area (Å²) in [4.78, 5) is 55.3. The molecular formula is C22H28N4O5. The Morgan fingerprint density at radius 3 is 2.48 bits per heavy atom. The molecule has 0 aromatic heterocycles. The van der Waals surface area contributed by atoms with E-state index in [1.807, 2.05) is 6.07 Å². The van der Waals surface area contributed by atoms with Crippen molar-refractivity contribution in [2.45, 2.75) is 31.7 Å². The van der Waals surface area contributed by atoms with Crippen LogP contribution in [0.2, 0.25) is 0 Å². The van der Waals surface area contributed by atoms with Crippen molar-refractivity contribution in [3.05, 3.63) is 29.8 Å². The molecule has 1 aromatic rings. The second-order valence-corrected chi connectivity index (χ2v) is 8.52. The van der Waals surface area contributed by atoms with E-state index in [-0.39, 0.29) is 30.2 Å². The minimum atomic E-state index is -0.895. The lowest BCUT2D eigenvalue weighted by Gasteiger charge is -2.25. The third-order valence-corrected chi connectivity index (χ3v) is 6.46. The van der Waals surface area contributed by atoms with E-state index in [0.717, 1.165) is 17.7 Å². The summed E-state index contributed by atoms with van der Waals surface area (Å²) in [7, 11) is 1.53. The predicted octanol–water partition coefficient (Wildman–Crippen LogP) is 1.09. The molecule has 3 aliphatic rings. The maximum Gasteiger partial charge on any atom is 0.325 e. The van der Waals surface area contributed by atoms with Crippen molar-refractivity contribution in [2.75, 3.05) is 39.8 Å². The van der Waals surface area contributed by atoms with Gasteiger partial charge in [-0.15, -0.1) is 0 Å². The topological polar surface area (TPSA) is 99.3 Å². The van der Waals surface area contributed by atoms with E-state index in [2.05, 4.69) is 5.32 Å². The number of ether oxygens (including phenoxy) is 1. The average Bonchev–Trinajstić information content (AvgIpc) is 3.61. The molecule has 3 fully saturated rings. The highest BCUT2D eigenvalue weighted by molar-refractivity contribution is 6.09. The van der Waals surface area contributed by atoms with Crippen molar-refractivity contribution in [1.29, 1.82) is 0 Å². The maximum absolute atomic E-state index is 13.0. The van der Waals surface area contributed by atoms with Crippen LogP contribution >= 0.6 is 0 Å². The van der Waals surface area contributed by atoms with Gasteiger partial charge >= 0.3 is 6.03 Å². The van der Waals surface area contributed by atoms with Crippen LogP contribution in [0.25, 0.3) is 0 Å². The first-order valence-corrected chi connectivity index (χ1v) is 10.7. The fourth-order valence-corrected chi connectivity index (χ4v) is 4.39. The number of para-hydroxylation sites is 1. The fraction of sp³-hybridized carbons (Fsp3) is 0.545. The Balaban J connectivity index is 1.37. The van der Waals surface area contributed by atoms with E-state index in [1.165, 1.54) is 7.11 Å². The zero-order chi connectivity index (χ0) is 22.2. The molecule has 1 N–H and O–H groups in total. The van der Waals surface area contributed by atoms with Crippen LogP contribution in [0.1, 0.15) is 36.5 Å². The van der Waals surface area contributed by atoms with Crippen molar-refractivity contribution in [1.82, 2.24) is 20.0 Å². The Hall–Kier alpha value is -3.10. The summed E-state index contributed by atoms with van der Waals surface area (Å²) in [6.07, 6.45) is 2.44. The average molecular weight is 428 g/mol. The smallest absolute Gasteiger partial charge is 0.325 e. The van der Waals surface area contributed by atoms with E-state index in [4.69, 9.17) is 4.74 Å². The highest BCUT2D eigenvalue weighted by Crippen LogP contribution is 2.42. The third-order valence-electron chi connectivity index (χ3n) is 6.46. The van der Waals surface area contributed by atoms with Gasteiger partial charge in [-0.2, -0.15) is 0 Å². The first kappa shape index (κ1) is 21.1. The predicted molar refractivity (Wildman–Crippen MR) is 111 cm³/mol. The van der Waals surface area contributed by atoms with Crippen molar-refractivity contribution in [2.24, 2.45) is 5.92 Å². The zero-order valence-corrected chi connectivity index (χ0v) is 17.9. The number of methoxy groups -OCH3 is 1. The number of hydrogen-bond acceptors (Lipinski definition) is 5. The normalized spacial score (nSPS) is 24.1. The van der Waals surface area contributed by atoms with Gasteiger partial charge in [0.05, 0.1) is 12.7 Å². The van der Waals surface area contributed by atoms with Crippen LogP contribution in [0.15, 0.2) is 24.3 Å². The molecular weight excluding hydrogens is 400 g/mol. The number of nitrogens with one attached hydrogen (secondary N) is 1. The van der Waals surface area contributed by atoms with Crippen molar-refractivity contribution in [3.8, 4) is 5.75 Å². The number of carbonyl (C=O) groups is 4. The standard InChI is InChI=1S/C22H28N4O5/c1-22(15-8-9-15)20(29)26(21(30)23-22)14-18(27)24-10-5-11-25(13-12-24)19(28)16-6-3-4-7-17(16)31-2/h3-4,6-7,15H,5,8-14H2,1-2H3,(H,23,30). The minimum Gasteiger partial charge on any atom is -0.496 e. The number of urea groups is 1. The summed E-state index contributed by atoms with van der Waals surface area (Å²) in [6, 6.07) is 6.56. The van der Waals surface area contributed by atoms with E-state index >= 15 is 0 Å². The number of nitrogens with zero attached hydrogens (tertiary/aromatic N) is 3. The second-order valence-electron chi connectivity index (χ2n) is 8.52. The summed E-state index contributed by atoms with van der Waals surface area (Å²) < 4.78 is 5.29. The summed E-state index contributed by atoms with van der Waals surface area (Å²) >= 11 is 0. The Morgan fingerprint density at radius 2 is 1.77 bits per heavy atom. The largest absolute Gasteiger partial charge is 0.496 e. The number of carbonyl (C=O) groups excluding carboxylic acids is 4. The Morgan fingerprint density at radius 1 is 1.10 bits per heavy atom. The van der Waals surface area contributed by atoms with E-state index in [1.54, 1.807) is 34.9 Å². The lowest BCUT2D eigenvalue weighted by molar-refractivity contribution is -0.139. The number of rotatable bonds is 5. The molecule has 4 rings (SSSR count). The van der Waals surface area contributed by atoms with Crippen LogP contribution in [-0.2, 0) is 9.59 Å². The Kier molecular flexibility index (Phi) is 5.60. The third kappa shape index (κ3) is 3.96. The summed E-state index contributed by atoms with van der Waals surface area (Å²) in [5.74, 6) is -0.0777.